The van der Waals surface area contributed by atoms with Gasteiger partial charge in [0.05, 0.1) is 7.11 Å². The molecular weight excluding hydrogens is 306 g/mol. The lowest BCUT2D eigenvalue weighted by Gasteiger charge is -2.27. The summed E-state index contributed by atoms with van der Waals surface area (Å²) < 4.78 is 5.31. The zero-order valence-corrected chi connectivity index (χ0v) is 15.9. The predicted molar refractivity (Wildman–Crippen MR) is 107 cm³/mol. The van der Waals surface area contributed by atoms with Crippen LogP contribution in [0.3, 0.4) is 0 Å². The maximum Gasteiger partial charge on any atom is 0.118 e. The Morgan fingerprint density at radius 2 is 1.28 bits per heavy atom. The molecule has 134 valence electrons. The van der Waals surface area contributed by atoms with E-state index in [0.29, 0.717) is 11.8 Å². The molecule has 1 aliphatic heterocycles. The number of nitrogens with zero attached hydrogens (tertiary/aromatic N) is 1. The molecule has 1 heterocycles. The molecule has 0 spiro atoms. The van der Waals surface area contributed by atoms with Crippen LogP contribution in [0, 0.1) is 0 Å². The van der Waals surface area contributed by atoms with Gasteiger partial charge in [0.25, 0.3) is 0 Å². The Morgan fingerprint density at radius 3 is 1.72 bits per heavy atom. The second-order valence-electron chi connectivity index (χ2n) is 7.09. The van der Waals surface area contributed by atoms with Crippen molar-refractivity contribution < 1.29 is 4.74 Å². The molecule has 0 bridgehead atoms. The van der Waals surface area contributed by atoms with Crippen molar-refractivity contribution in [3.05, 3.63) is 59.7 Å². The molecule has 0 aromatic heterocycles. The number of ether oxygens (including phenoxy) is 1. The molecule has 0 aliphatic carbocycles. The first-order chi connectivity index (χ1) is 12.3. The lowest BCUT2D eigenvalue weighted by Crippen LogP contribution is -2.17. The van der Waals surface area contributed by atoms with Crippen LogP contribution in [0.15, 0.2) is 48.5 Å². The van der Waals surface area contributed by atoms with E-state index in [1.165, 1.54) is 42.7 Å². The minimum Gasteiger partial charge on any atom is -0.497 e. The summed E-state index contributed by atoms with van der Waals surface area (Å²) in [4.78, 5) is 2.51. The second-order valence-corrected chi connectivity index (χ2v) is 7.09. The van der Waals surface area contributed by atoms with Crippen LogP contribution in [0.25, 0.3) is 0 Å². The number of hydrogen-bond acceptors (Lipinski definition) is 2. The van der Waals surface area contributed by atoms with Gasteiger partial charge in [0.2, 0.25) is 0 Å². The van der Waals surface area contributed by atoms with Crippen molar-refractivity contribution in [2.45, 2.75) is 51.4 Å². The van der Waals surface area contributed by atoms with Crippen molar-refractivity contribution in [3.8, 4) is 5.75 Å². The highest BCUT2D eigenvalue weighted by Crippen LogP contribution is 2.39. The van der Waals surface area contributed by atoms with Crippen molar-refractivity contribution in [2.75, 3.05) is 25.1 Å². The molecule has 0 saturated carbocycles. The molecule has 2 aromatic rings. The summed E-state index contributed by atoms with van der Waals surface area (Å²) >= 11 is 0. The van der Waals surface area contributed by atoms with E-state index in [1.807, 2.05) is 0 Å². The van der Waals surface area contributed by atoms with Crippen molar-refractivity contribution in [3.63, 3.8) is 0 Å². The van der Waals surface area contributed by atoms with Gasteiger partial charge in [0.1, 0.15) is 5.75 Å². The lowest BCUT2D eigenvalue weighted by atomic mass is 9.78. The van der Waals surface area contributed by atoms with Gasteiger partial charge in [-0.1, -0.05) is 38.1 Å². The van der Waals surface area contributed by atoms with Gasteiger partial charge >= 0.3 is 0 Å². The standard InChI is InChI=1S/C23H31NO/c1-4-22(23(5-2)19-10-14-21(25-3)15-11-19)18-8-12-20(13-9-18)24-16-6-7-17-24/h8-15,22-23H,4-7,16-17H2,1-3H3/t22-,23+/m0/s1. The van der Waals surface area contributed by atoms with Crippen molar-refractivity contribution in [1.82, 2.24) is 0 Å². The molecule has 2 heteroatoms. The van der Waals surface area contributed by atoms with Crippen molar-refractivity contribution >= 4 is 5.69 Å². The van der Waals surface area contributed by atoms with E-state index in [-0.39, 0.29) is 0 Å². The number of anilines is 1. The fraction of sp³-hybridized carbons (Fsp3) is 0.478. The van der Waals surface area contributed by atoms with Crippen LogP contribution in [-0.2, 0) is 0 Å². The molecule has 0 radical (unpaired) electrons. The fourth-order valence-electron chi connectivity index (χ4n) is 4.26. The number of methoxy groups -OCH3 is 1. The van der Waals surface area contributed by atoms with E-state index in [4.69, 9.17) is 4.74 Å². The molecule has 0 N–H and O–H groups in total. The summed E-state index contributed by atoms with van der Waals surface area (Å²) in [5, 5.41) is 0. The molecule has 1 fully saturated rings. The first kappa shape index (κ1) is 17.8. The first-order valence-corrected chi connectivity index (χ1v) is 9.75. The SMILES string of the molecule is CC[C@H](c1ccc(OC)cc1)[C@@H](CC)c1ccc(N2CCCC2)cc1. The highest BCUT2D eigenvalue weighted by atomic mass is 16.5. The van der Waals surface area contributed by atoms with Gasteiger partial charge in [-0.25, -0.2) is 0 Å². The molecule has 2 nitrogen and oxygen atoms in total. The van der Waals surface area contributed by atoms with Gasteiger partial charge in [-0.05, 0) is 72.9 Å². The quantitative estimate of drug-likeness (QED) is 0.616. The van der Waals surface area contributed by atoms with Crippen molar-refractivity contribution in [1.29, 1.82) is 0 Å². The molecule has 0 unspecified atom stereocenters. The van der Waals surface area contributed by atoms with Crippen LogP contribution in [0.4, 0.5) is 5.69 Å². The third-order valence-corrected chi connectivity index (χ3v) is 5.70. The summed E-state index contributed by atoms with van der Waals surface area (Å²) in [6.07, 6.45) is 4.97. The number of rotatable bonds is 7. The average molecular weight is 338 g/mol. The molecule has 2 atom stereocenters. The zero-order valence-electron chi connectivity index (χ0n) is 15.9. The van der Waals surface area contributed by atoms with E-state index in [0.717, 1.165) is 18.6 Å². The molecule has 1 aliphatic rings. The van der Waals surface area contributed by atoms with E-state index in [9.17, 15) is 0 Å². The van der Waals surface area contributed by atoms with Crippen LogP contribution in [-0.4, -0.2) is 20.2 Å². The normalized spacial score (nSPS) is 16.7. The smallest absolute Gasteiger partial charge is 0.118 e. The van der Waals surface area contributed by atoms with Crippen LogP contribution in [0.1, 0.15) is 62.5 Å². The number of hydrogen-bond donors (Lipinski definition) is 0. The lowest BCUT2D eigenvalue weighted by molar-refractivity contribution is 0.414. The molecule has 1 saturated heterocycles. The molecule has 3 rings (SSSR count). The van der Waals surface area contributed by atoms with E-state index < -0.39 is 0 Å². The van der Waals surface area contributed by atoms with Gasteiger partial charge in [-0.15, -0.1) is 0 Å². The molecule has 0 amide bonds. The monoisotopic (exact) mass is 337 g/mol. The average Bonchev–Trinajstić information content (AvgIpc) is 3.21. The Hall–Kier alpha value is -1.96. The van der Waals surface area contributed by atoms with Crippen LogP contribution >= 0.6 is 0 Å². The van der Waals surface area contributed by atoms with E-state index >= 15 is 0 Å². The number of benzene rings is 2. The Labute approximate surface area is 152 Å². The third kappa shape index (κ3) is 4.00. The summed E-state index contributed by atoms with van der Waals surface area (Å²) in [5.41, 5.74) is 4.26. The van der Waals surface area contributed by atoms with Gasteiger partial charge in [-0.3, -0.25) is 0 Å². The van der Waals surface area contributed by atoms with Gasteiger partial charge in [-0.2, -0.15) is 0 Å². The Kier molecular flexibility index (Phi) is 6.01. The summed E-state index contributed by atoms with van der Waals surface area (Å²) in [5.74, 6) is 2.04. The molecular formula is C23H31NO. The minimum atomic E-state index is 0.550. The summed E-state index contributed by atoms with van der Waals surface area (Å²) in [6.45, 7) is 7.03. The maximum atomic E-state index is 5.31. The molecule has 2 aromatic carbocycles. The van der Waals surface area contributed by atoms with Crippen LogP contribution < -0.4 is 9.64 Å². The molecule has 25 heavy (non-hydrogen) atoms. The van der Waals surface area contributed by atoms with Gasteiger partial charge < -0.3 is 9.64 Å². The fourth-order valence-corrected chi connectivity index (χ4v) is 4.26. The van der Waals surface area contributed by atoms with Crippen molar-refractivity contribution in [2.24, 2.45) is 0 Å². The summed E-state index contributed by atoms with van der Waals surface area (Å²) in [7, 11) is 1.73. The highest BCUT2D eigenvalue weighted by Gasteiger charge is 2.22. The van der Waals surface area contributed by atoms with E-state index in [2.05, 4.69) is 67.3 Å². The van der Waals surface area contributed by atoms with Gasteiger partial charge in [0, 0.05) is 18.8 Å². The topological polar surface area (TPSA) is 12.5 Å². The first-order valence-electron chi connectivity index (χ1n) is 9.75. The highest BCUT2D eigenvalue weighted by molar-refractivity contribution is 5.49. The Bertz CT molecular complexity index is 641. The Morgan fingerprint density at radius 1 is 0.800 bits per heavy atom. The second kappa shape index (κ2) is 8.42. The zero-order chi connectivity index (χ0) is 17.6. The van der Waals surface area contributed by atoms with Gasteiger partial charge in [0.15, 0.2) is 0 Å². The predicted octanol–water partition coefficient (Wildman–Crippen LogP) is 5.98. The van der Waals surface area contributed by atoms with E-state index in [1.54, 1.807) is 7.11 Å². The van der Waals surface area contributed by atoms with Crippen LogP contribution in [0.2, 0.25) is 0 Å². The Balaban J connectivity index is 1.80. The minimum absolute atomic E-state index is 0.550. The summed E-state index contributed by atoms with van der Waals surface area (Å²) in [6, 6.07) is 18.0. The largest absolute Gasteiger partial charge is 0.497 e. The maximum absolute atomic E-state index is 5.31. The van der Waals surface area contributed by atoms with Crippen LogP contribution in [0.5, 0.6) is 5.75 Å². The third-order valence-electron chi connectivity index (χ3n) is 5.70.